The molecule has 0 bridgehead atoms. The van der Waals surface area contributed by atoms with Crippen molar-refractivity contribution in [3.8, 4) is 5.75 Å². The summed E-state index contributed by atoms with van der Waals surface area (Å²) in [5.74, 6) is -0.0173. The highest BCUT2D eigenvalue weighted by atomic mass is 16.5. The first-order valence-corrected chi connectivity index (χ1v) is 8.00. The van der Waals surface area contributed by atoms with Gasteiger partial charge >= 0.3 is 0 Å². The Kier molecular flexibility index (Phi) is 5.09. The van der Waals surface area contributed by atoms with Gasteiger partial charge in [0, 0.05) is 18.7 Å². The molecule has 0 radical (unpaired) electrons. The maximum Gasteiger partial charge on any atom is 0.245 e. The second-order valence-corrected chi connectivity index (χ2v) is 5.75. The summed E-state index contributed by atoms with van der Waals surface area (Å²) < 4.78 is 5.12. The summed E-state index contributed by atoms with van der Waals surface area (Å²) >= 11 is 0. The van der Waals surface area contributed by atoms with Gasteiger partial charge in [-0.05, 0) is 29.8 Å². The predicted molar refractivity (Wildman–Crippen MR) is 95.6 cm³/mol. The van der Waals surface area contributed by atoms with Gasteiger partial charge in [-0.3, -0.25) is 9.59 Å². The highest BCUT2D eigenvalue weighted by Gasteiger charge is 2.35. The Bertz CT molecular complexity index is 772. The molecule has 0 saturated carbocycles. The van der Waals surface area contributed by atoms with E-state index >= 15 is 0 Å². The maximum atomic E-state index is 12.2. The van der Waals surface area contributed by atoms with Crippen molar-refractivity contribution < 1.29 is 14.3 Å². The molecule has 0 aromatic heterocycles. The minimum Gasteiger partial charge on any atom is -0.497 e. The first kappa shape index (κ1) is 16.7. The zero-order valence-electron chi connectivity index (χ0n) is 13.9. The molecule has 2 aromatic rings. The van der Waals surface area contributed by atoms with Crippen LogP contribution in [0.1, 0.15) is 12.0 Å². The molecule has 1 heterocycles. The lowest BCUT2D eigenvalue weighted by Crippen LogP contribution is -2.30. The molecule has 1 aliphatic rings. The first-order chi connectivity index (χ1) is 12.2. The van der Waals surface area contributed by atoms with Crippen LogP contribution in [0.3, 0.4) is 0 Å². The molecule has 6 nitrogen and oxygen atoms in total. The molecule has 1 aliphatic heterocycles. The average molecular weight is 337 g/mol. The van der Waals surface area contributed by atoms with E-state index in [0.29, 0.717) is 6.54 Å². The summed E-state index contributed by atoms with van der Waals surface area (Å²) in [4.78, 5) is 26.1. The second-order valence-electron chi connectivity index (χ2n) is 5.75. The molecule has 3 rings (SSSR count). The lowest BCUT2D eigenvalue weighted by atomic mass is 10.1. The highest BCUT2D eigenvalue weighted by Crippen LogP contribution is 2.26. The normalized spacial score (nSPS) is 17.1. The highest BCUT2D eigenvalue weighted by molar-refractivity contribution is 6.00. The van der Waals surface area contributed by atoms with Crippen LogP contribution >= 0.6 is 0 Å². The maximum absolute atomic E-state index is 12.2. The molecule has 0 spiro atoms. The Morgan fingerprint density at radius 3 is 2.60 bits per heavy atom. The van der Waals surface area contributed by atoms with Crippen LogP contribution in [0.4, 0.5) is 5.69 Å². The number of amides is 2. The van der Waals surface area contributed by atoms with E-state index in [9.17, 15) is 9.59 Å². The van der Waals surface area contributed by atoms with Gasteiger partial charge in [-0.1, -0.05) is 30.3 Å². The van der Waals surface area contributed by atoms with Crippen molar-refractivity contribution in [3.05, 3.63) is 60.2 Å². The SMILES string of the molecule is COc1ccc(N2C[C@@H](C(=O)N/N=C\c3ccccc3)CC2=O)cc1. The smallest absolute Gasteiger partial charge is 0.245 e. The van der Waals surface area contributed by atoms with E-state index in [1.165, 1.54) is 0 Å². The van der Waals surface area contributed by atoms with Crippen LogP contribution in [0.2, 0.25) is 0 Å². The number of nitrogens with one attached hydrogen (secondary N) is 1. The lowest BCUT2D eigenvalue weighted by Gasteiger charge is -2.16. The number of nitrogens with zero attached hydrogens (tertiary/aromatic N) is 2. The third-order valence-electron chi connectivity index (χ3n) is 4.07. The van der Waals surface area contributed by atoms with Crippen LogP contribution in [0.25, 0.3) is 0 Å². The predicted octanol–water partition coefficient (Wildman–Crippen LogP) is 2.20. The number of hydrogen-bond acceptors (Lipinski definition) is 4. The number of carbonyl (C=O) groups excluding carboxylic acids is 2. The van der Waals surface area contributed by atoms with E-state index in [2.05, 4.69) is 10.5 Å². The van der Waals surface area contributed by atoms with Crippen molar-refractivity contribution in [1.82, 2.24) is 5.43 Å². The van der Waals surface area contributed by atoms with Crippen LogP contribution in [0.15, 0.2) is 59.7 Å². The molecule has 2 aromatic carbocycles. The Hall–Kier alpha value is -3.15. The zero-order valence-corrected chi connectivity index (χ0v) is 13.9. The summed E-state index contributed by atoms with van der Waals surface area (Å²) in [6.45, 7) is 0.345. The van der Waals surface area contributed by atoms with E-state index in [1.807, 2.05) is 42.5 Å². The minimum atomic E-state index is -0.414. The summed E-state index contributed by atoms with van der Waals surface area (Å²) in [5.41, 5.74) is 4.17. The summed E-state index contributed by atoms with van der Waals surface area (Å²) in [5, 5.41) is 3.96. The largest absolute Gasteiger partial charge is 0.497 e. The lowest BCUT2D eigenvalue weighted by molar-refractivity contribution is -0.126. The molecular weight excluding hydrogens is 318 g/mol. The standard InChI is InChI=1S/C19H19N3O3/c1-25-17-9-7-16(8-10-17)22-13-15(11-18(22)23)19(24)21-20-12-14-5-3-2-4-6-14/h2-10,12,15H,11,13H2,1H3,(H,21,24)/b20-12-/t15-/m0/s1. The second kappa shape index (κ2) is 7.61. The fourth-order valence-corrected chi connectivity index (χ4v) is 2.70. The van der Waals surface area contributed by atoms with Crippen molar-refractivity contribution in [2.45, 2.75) is 6.42 Å². The van der Waals surface area contributed by atoms with Gasteiger partial charge in [-0.25, -0.2) is 5.43 Å². The van der Waals surface area contributed by atoms with Gasteiger partial charge in [0.05, 0.1) is 19.2 Å². The number of ether oxygens (including phenoxy) is 1. The number of anilines is 1. The summed E-state index contributed by atoms with van der Waals surface area (Å²) in [6, 6.07) is 16.7. The van der Waals surface area contributed by atoms with E-state index in [0.717, 1.165) is 17.0 Å². The van der Waals surface area contributed by atoms with Gasteiger partial charge in [0.25, 0.3) is 0 Å². The van der Waals surface area contributed by atoms with Gasteiger partial charge in [-0.15, -0.1) is 0 Å². The van der Waals surface area contributed by atoms with Gasteiger partial charge in [0.15, 0.2) is 0 Å². The van der Waals surface area contributed by atoms with Gasteiger partial charge in [0.2, 0.25) is 11.8 Å². The Labute approximate surface area is 146 Å². The zero-order chi connectivity index (χ0) is 17.6. The molecule has 1 N–H and O–H groups in total. The van der Waals surface area contributed by atoms with Crippen molar-refractivity contribution in [2.24, 2.45) is 11.0 Å². The quantitative estimate of drug-likeness (QED) is 0.672. The molecule has 1 saturated heterocycles. The summed E-state index contributed by atoms with van der Waals surface area (Å²) in [6.07, 6.45) is 1.76. The van der Waals surface area contributed by atoms with E-state index in [-0.39, 0.29) is 18.2 Å². The van der Waals surface area contributed by atoms with Gasteiger partial charge in [-0.2, -0.15) is 5.10 Å². The van der Waals surface area contributed by atoms with Crippen molar-refractivity contribution >= 4 is 23.7 Å². The van der Waals surface area contributed by atoms with E-state index < -0.39 is 5.92 Å². The van der Waals surface area contributed by atoms with Crippen molar-refractivity contribution in [2.75, 3.05) is 18.6 Å². The number of hydrogen-bond donors (Lipinski definition) is 1. The third-order valence-corrected chi connectivity index (χ3v) is 4.07. The Morgan fingerprint density at radius 1 is 1.20 bits per heavy atom. The number of rotatable bonds is 5. The average Bonchev–Trinajstić information content (AvgIpc) is 3.04. The fourth-order valence-electron chi connectivity index (χ4n) is 2.70. The van der Waals surface area contributed by atoms with Crippen LogP contribution in [0, 0.1) is 5.92 Å². The van der Waals surface area contributed by atoms with Crippen LogP contribution < -0.4 is 15.1 Å². The molecule has 128 valence electrons. The number of hydrazone groups is 1. The molecule has 1 atom stereocenters. The van der Waals surface area contributed by atoms with Crippen LogP contribution in [-0.2, 0) is 9.59 Å². The Balaban J connectivity index is 1.59. The number of carbonyl (C=O) groups is 2. The number of methoxy groups -OCH3 is 1. The molecule has 6 heteroatoms. The van der Waals surface area contributed by atoms with Crippen molar-refractivity contribution in [3.63, 3.8) is 0 Å². The monoisotopic (exact) mass is 337 g/mol. The molecule has 25 heavy (non-hydrogen) atoms. The Morgan fingerprint density at radius 2 is 1.92 bits per heavy atom. The van der Waals surface area contributed by atoms with Crippen molar-refractivity contribution in [1.29, 1.82) is 0 Å². The van der Waals surface area contributed by atoms with E-state index in [1.54, 1.807) is 30.4 Å². The van der Waals surface area contributed by atoms with E-state index in [4.69, 9.17) is 4.74 Å². The van der Waals surface area contributed by atoms with Crippen LogP contribution in [0.5, 0.6) is 5.75 Å². The molecule has 0 unspecified atom stereocenters. The minimum absolute atomic E-state index is 0.0719. The molecule has 2 amide bonds. The topological polar surface area (TPSA) is 71.0 Å². The molecular formula is C19H19N3O3. The summed E-state index contributed by atoms with van der Waals surface area (Å²) in [7, 11) is 1.59. The first-order valence-electron chi connectivity index (χ1n) is 8.00. The third kappa shape index (κ3) is 4.03. The molecule has 1 fully saturated rings. The molecule has 0 aliphatic carbocycles. The number of benzene rings is 2. The fraction of sp³-hybridized carbons (Fsp3) is 0.211. The van der Waals surface area contributed by atoms with Gasteiger partial charge < -0.3 is 9.64 Å². The van der Waals surface area contributed by atoms with Gasteiger partial charge in [0.1, 0.15) is 5.75 Å². The van der Waals surface area contributed by atoms with Crippen LogP contribution in [-0.4, -0.2) is 31.7 Å².